The molecule has 1 saturated carbocycles. The Hall–Kier alpha value is -1.16. The van der Waals surface area contributed by atoms with Crippen LogP contribution in [0.3, 0.4) is 0 Å². The molecule has 1 unspecified atom stereocenters. The molecule has 1 aliphatic carbocycles. The Morgan fingerprint density at radius 3 is 2.89 bits per heavy atom. The van der Waals surface area contributed by atoms with Crippen molar-refractivity contribution in [3.8, 4) is 5.75 Å². The summed E-state index contributed by atoms with van der Waals surface area (Å²) in [4.78, 5) is 11.3. The van der Waals surface area contributed by atoms with Crippen LogP contribution in [0.25, 0.3) is 0 Å². The molecule has 102 valence electrons. The van der Waals surface area contributed by atoms with Crippen molar-refractivity contribution in [2.24, 2.45) is 0 Å². The topological polar surface area (TPSA) is 46.5 Å². The molecular weight excluding hydrogens is 260 g/mol. The van der Waals surface area contributed by atoms with Gasteiger partial charge in [-0.3, -0.25) is 4.79 Å². The molecule has 19 heavy (non-hydrogen) atoms. The Morgan fingerprint density at radius 1 is 1.42 bits per heavy atom. The molecule has 1 aromatic carbocycles. The minimum Gasteiger partial charge on any atom is -0.490 e. The zero-order chi connectivity index (χ0) is 13.3. The quantitative estimate of drug-likeness (QED) is 0.919. The average Bonchev–Trinajstić information content (AvgIpc) is 3.22. The van der Waals surface area contributed by atoms with E-state index in [9.17, 15) is 9.90 Å². The van der Waals surface area contributed by atoms with Crippen LogP contribution in [0.2, 0.25) is 0 Å². The molecule has 3 rings (SSSR count). The van der Waals surface area contributed by atoms with E-state index in [1.807, 2.05) is 36.0 Å². The van der Waals surface area contributed by atoms with Crippen molar-refractivity contribution >= 4 is 17.7 Å². The molecule has 0 spiro atoms. The van der Waals surface area contributed by atoms with Gasteiger partial charge in [-0.1, -0.05) is 12.1 Å². The molecule has 0 radical (unpaired) electrons. The van der Waals surface area contributed by atoms with Crippen molar-refractivity contribution < 1.29 is 14.6 Å². The number of benzene rings is 1. The van der Waals surface area contributed by atoms with Crippen molar-refractivity contribution in [2.45, 2.75) is 37.2 Å². The van der Waals surface area contributed by atoms with E-state index in [1.165, 1.54) is 12.2 Å². The predicted molar refractivity (Wildman–Crippen MR) is 76.0 cm³/mol. The van der Waals surface area contributed by atoms with Gasteiger partial charge in [-0.2, -0.15) is 11.8 Å². The summed E-state index contributed by atoms with van der Waals surface area (Å²) in [6, 6.07) is 7.66. The van der Waals surface area contributed by atoms with Gasteiger partial charge in [-0.05, 0) is 49.1 Å². The van der Waals surface area contributed by atoms with E-state index >= 15 is 0 Å². The number of ether oxygens (including phenoxy) is 1. The number of aliphatic carboxylic acids is 1. The van der Waals surface area contributed by atoms with Crippen molar-refractivity contribution in [1.82, 2.24) is 0 Å². The molecule has 1 N–H and O–H groups in total. The van der Waals surface area contributed by atoms with Crippen LogP contribution in [0, 0.1) is 0 Å². The lowest BCUT2D eigenvalue weighted by molar-refractivity contribution is -0.140. The zero-order valence-electron chi connectivity index (χ0n) is 10.8. The molecule has 0 amide bonds. The fourth-order valence-corrected chi connectivity index (χ4v) is 3.65. The van der Waals surface area contributed by atoms with Crippen LogP contribution in [-0.2, 0) is 10.2 Å². The number of carboxylic acid groups (broad SMARTS) is 1. The average molecular weight is 278 g/mol. The van der Waals surface area contributed by atoms with Gasteiger partial charge in [0.25, 0.3) is 0 Å². The van der Waals surface area contributed by atoms with E-state index < -0.39 is 11.4 Å². The second kappa shape index (κ2) is 5.08. The lowest BCUT2D eigenvalue weighted by Crippen LogP contribution is -2.24. The van der Waals surface area contributed by atoms with Gasteiger partial charge in [0.1, 0.15) is 11.9 Å². The third-order valence-electron chi connectivity index (χ3n) is 3.97. The van der Waals surface area contributed by atoms with Gasteiger partial charge in [0.2, 0.25) is 0 Å². The lowest BCUT2D eigenvalue weighted by atomic mass is 9.96. The van der Waals surface area contributed by atoms with Gasteiger partial charge in [0.15, 0.2) is 0 Å². The van der Waals surface area contributed by atoms with Crippen LogP contribution in [0.1, 0.15) is 31.2 Å². The first-order chi connectivity index (χ1) is 9.21. The van der Waals surface area contributed by atoms with Gasteiger partial charge in [-0.15, -0.1) is 0 Å². The highest BCUT2D eigenvalue weighted by Crippen LogP contribution is 2.49. The highest BCUT2D eigenvalue weighted by atomic mass is 32.2. The Kier molecular flexibility index (Phi) is 3.44. The summed E-state index contributed by atoms with van der Waals surface area (Å²) < 4.78 is 5.98. The van der Waals surface area contributed by atoms with E-state index in [1.54, 1.807) is 0 Å². The smallest absolute Gasteiger partial charge is 0.314 e. The Balaban J connectivity index is 1.75. The highest BCUT2D eigenvalue weighted by Gasteiger charge is 2.51. The van der Waals surface area contributed by atoms with Gasteiger partial charge in [-0.25, -0.2) is 0 Å². The van der Waals surface area contributed by atoms with Crippen LogP contribution in [0.4, 0.5) is 0 Å². The number of rotatable bonds is 4. The normalized spacial score (nSPS) is 24.7. The third-order valence-corrected chi connectivity index (χ3v) is 5.15. The minimum atomic E-state index is -0.710. The monoisotopic (exact) mass is 278 g/mol. The molecule has 1 aromatic rings. The zero-order valence-corrected chi connectivity index (χ0v) is 11.6. The summed E-state index contributed by atoms with van der Waals surface area (Å²) in [7, 11) is 0. The second-order valence-electron chi connectivity index (χ2n) is 5.37. The van der Waals surface area contributed by atoms with Crippen LogP contribution < -0.4 is 4.74 Å². The molecule has 3 nitrogen and oxygen atoms in total. The predicted octanol–water partition coefficient (Wildman–Crippen LogP) is 3.08. The van der Waals surface area contributed by atoms with Gasteiger partial charge >= 0.3 is 5.97 Å². The summed E-state index contributed by atoms with van der Waals surface area (Å²) in [5.41, 5.74) is 0.252. The largest absolute Gasteiger partial charge is 0.490 e. The maximum Gasteiger partial charge on any atom is 0.314 e. The van der Waals surface area contributed by atoms with Gasteiger partial charge < -0.3 is 9.84 Å². The minimum absolute atomic E-state index is 0.272. The van der Waals surface area contributed by atoms with Crippen LogP contribution in [0.15, 0.2) is 24.3 Å². The van der Waals surface area contributed by atoms with E-state index in [4.69, 9.17) is 4.74 Å². The molecule has 4 heteroatoms. The van der Waals surface area contributed by atoms with E-state index in [0.29, 0.717) is 0 Å². The van der Waals surface area contributed by atoms with Gasteiger partial charge in [0, 0.05) is 5.75 Å². The number of hydrogen-bond acceptors (Lipinski definition) is 3. The molecular formula is C15H18O3S. The van der Waals surface area contributed by atoms with Gasteiger partial charge in [0.05, 0.1) is 5.41 Å². The van der Waals surface area contributed by atoms with E-state index in [2.05, 4.69) is 0 Å². The Morgan fingerprint density at radius 2 is 2.26 bits per heavy atom. The molecule has 2 aliphatic rings. The first-order valence-corrected chi connectivity index (χ1v) is 7.94. The van der Waals surface area contributed by atoms with Crippen LogP contribution in [-0.4, -0.2) is 28.7 Å². The summed E-state index contributed by atoms with van der Waals surface area (Å²) in [6.07, 6.45) is 4.06. The fraction of sp³-hybridized carbons (Fsp3) is 0.533. The summed E-state index contributed by atoms with van der Waals surface area (Å²) in [5.74, 6) is 2.37. The summed E-state index contributed by atoms with van der Waals surface area (Å²) in [6.45, 7) is 0. The molecule has 2 fully saturated rings. The second-order valence-corrected chi connectivity index (χ2v) is 6.52. The van der Waals surface area contributed by atoms with Crippen LogP contribution >= 0.6 is 11.8 Å². The van der Waals surface area contributed by atoms with E-state index in [0.717, 1.165) is 36.3 Å². The first-order valence-electron chi connectivity index (χ1n) is 6.79. The molecule has 0 bridgehead atoms. The Labute approximate surface area is 117 Å². The highest BCUT2D eigenvalue weighted by molar-refractivity contribution is 7.99. The lowest BCUT2D eigenvalue weighted by Gasteiger charge is -2.23. The van der Waals surface area contributed by atoms with Crippen molar-refractivity contribution in [1.29, 1.82) is 0 Å². The number of thioether (sulfide) groups is 1. The SMILES string of the molecule is O=C(O)C1(c2cccc(OC3CCCSC3)c2)CC1. The van der Waals surface area contributed by atoms with E-state index in [-0.39, 0.29) is 6.10 Å². The fourth-order valence-electron chi connectivity index (χ4n) is 2.61. The summed E-state index contributed by atoms with van der Waals surface area (Å²) in [5, 5.41) is 9.33. The number of carbonyl (C=O) groups is 1. The summed E-state index contributed by atoms with van der Waals surface area (Å²) >= 11 is 1.93. The maximum atomic E-state index is 11.3. The molecule has 1 heterocycles. The molecule has 1 saturated heterocycles. The third kappa shape index (κ3) is 2.59. The molecule has 1 atom stereocenters. The van der Waals surface area contributed by atoms with Crippen molar-refractivity contribution in [3.63, 3.8) is 0 Å². The number of hydrogen-bond donors (Lipinski definition) is 1. The first kappa shape index (κ1) is 12.9. The Bertz CT molecular complexity index is 476. The maximum absolute atomic E-state index is 11.3. The van der Waals surface area contributed by atoms with Crippen molar-refractivity contribution in [2.75, 3.05) is 11.5 Å². The number of carboxylic acids is 1. The standard InChI is InChI=1S/C15H18O3S/c16-14(17)15(6-7-15)11-3-1-4-12(9-11)18-13-5-2-8-19-10-13/h1,3-4,9,13H,2,5-8,10H2,(H,16,17). The van der Waals surface area contributed by atoms with Crippen molar-refractivity contribution in [3.05, 3.63) is 29.8 Å². The van der Waals surface area contributed by atoms with Crippen LogP contribution in [0.5, 0.6) is 5.75 Å². The molecule has 1 aliphatic heterocycles. The molecule has 0 aromatic heterocycles.